The molecule has 2 aromatic rings. The summed E-state index contributed by atoms with van der Waals surface area (Å²) in [7, 11) is 0. The monoisotopic (exact) mass is 233 g/mol. The number of hydrogen-bond acceptors (Lipinski definition) is 3. The van der Waals surface area contributed by atoms with Crippen molar-refractivity contribution in [1.82, 2.24) is 5.32 Å². The van der Waals surface area contributed by atoms with Crippen LogP contribution >= 0.6 is 0 Å². The molecule has 4 heteroatoms. The third-order valence-electron chi connectivity index (χ3n) is 2.79. The molecule has 0 aliphatic heterocycles. The van der Waals surface area contributed by atoms with Gasteiger partial charge >= 0.3 is 0 Å². The number of nitrogens with one attached hydrogen (secondary N) is 1. The van der Waals surface area contributed by atoms with Gasteiger partial charge in [-0.2, -0.15) is 0 Å². The number of hydrogen-bond donors (Lipinski definition) is 1. The largest absolute Gasteiger partial charge is 0.467 e. The maximum Gasteiger partial charge on any atom is 0.255 e. The predicted molar refractivity (Wildman–Crippen MR) is 62.8 cm³/mol. The Morgan fingerprint density at radius 3 is 2.59 bits per heavy atom. The third-order valence-corrected chi connectivity index (χ3v) is 2.79. The van der Waals surface area contributed by atoms with Gasteiger partial charge in [-0.15, -0.1) is 0 Å². The molecule has 1 N–H and O–H groups in total. The molecule has 2 heterocycles. The Labute approximate surface area is 99.6 Å². The normalized spacial score (nSPS) is 10.5. The van der Waals surface area contributed by atoms with Crippen LogP contribution in [0.3, 0.4) is 0 Å². The highest BCUT2D eigenvalue weighted by Crippen LogP contribution is 2.20. The lowest BCUT2D eigenvalue weighted by Crippen LogP contribution is -2.23. The topological polar surface area (TPSA) is 55.4 Å². The SMILES string of the molecule is Cc1oc(C)c(C(=O)NCc2ccco2)c1C. The highest BCUT2D eigenvalue weighted by molar-refractivity contribution is 5.96. The van der Waals surface area contributed by atoms with E-state index >= 15 is 0 Å². The lowest BCUT2D eigenvalue weighted by molar-refractivity contribution is 0.0946. The van der Waals surface area contributed by atoms with Crippen LogP contribution in [0.25, 0.3) is 0 Å². The summed E-state index contributed by atoms with van der Waals surface area (Å²) in [4.78, 5) is 12.0. The van der Waals surface area contributed by atoms with Crippen LogP contribution in [0.2, 0.25) is 0 Å². The zero-order valence-electron chi connectivity index (χ0n) is 10.2. The molecule has 17 heavy (non-hydrogen) atoms. The van der Waals surface area contributed by atoms with Gasteiger partial charge in [-0.25, -0.2) is 0 Å². The van der Waals surface area contributed by atoms with E-state index in [9.17, 15) is 4.79 Å². The van der Waals surface area contributed by atoms with Gasteiger partial charge in [0.15, 0.2) is 0 Å². The zero-order chi connectivity index (χ0) is 12.4. The van der Waals surface area contributed by atoms with Gasteiger partial charge in [0.25, 0.3) is 5.91 Å². The fourth-order valence-electron chi connectivity index (χ4n) is 1.80. The second-order valence-electron chi connectivity index (χ2n) is 3.98. The molecule has 0 bridgehead atoms. The van der Waals surface area contributed by atoms with Crippen molar-refractivity contribution in [3.05, 3.63) is 46.8 Å². The Hall–Kier alpha value is -1.97. The first-order valence-electron chi connectivity index (χ1n) is 5.46. The van der Waals surface area contributed by atoms with E-state index in [2.05, 4.69) is 5.32 Å². The summed E-state index contributed by atoms with van der Waals surface area (Å²) in [5.41, 5.74) is 1.51. The smallest absolute Gasteiger partial charge is 0.255 e. The third kappa shape index (κ3) is 2.25. The molecule has 0 aromatic carbocycles. The van der Waals surface area contributed by atoms with Crippen LogP contribution in [0.15, 0.2) is 27.2 Å². The highest BCUT2D eigenvalue weighted by atomic mass is 16.3. The van der Waals surface area contributed by atoms with Crippen molar-refractivity contribution in [3.8, 4) is 0 Å². The summed E-state index contributed by atoms with van der Waals surface area (Å²) < 4.78 is 10.6. The van der Waals surface area contributed by atoms with Gasteiger partial charge in [0.05, 0.1) is 18.4 Å². The van der Waals surface area contributed by atoms with Gasteiger partial charge in [0.2, 0.25) is 0 Å². The van der Waals surface area contributed by atoms with E-state index in [1.54, 1.807) is 19.3 Å². The van der Waals surface area contributed by atoms with Gasteiger partial charge in [0.1, 0.15) is 17.3 Å². The Bertz CT molecular complexity index is 523. The summed E-state index contributed by atoms with van der Waals surface area (Å²) in [5.74, 6) is 2.03. The number of aryl methyl sites for hydroxylation is 2. The van der Waals surface area contributed by atoms with Crippen molar-refractivity contribution < 1.29 is 13.6 Å². The zero-order valence-corrected chi connectivity index (χ0v) is 10.2. The second-order valence-corrected chi connectivity index (χ2v) is 3.98. The maximum absolute atomic E-state index is 12.0. The molecular formula is C13H15NO3. The van der Waals surface area contributed by atoms with E-state index < -0.39 is 0 Å². The van der Waals surface area contributed by atoms with Gasteiger partial charge in [-0.1, -0.05) is 0 Å². The summed E-state index contributed by atoms with van der Waals surface area (Å²) in [6, 6.07) is 3.61. The van der Waals surface area contributed by atoms with Crippen LogP contribution in [0.4, 0.5) is 0 Å². The van der Waals surface area contributed by atoms with Crippen LogP contribution in [0.1, 0.15) is 33.2 Å². The molecule has 0 atom stereocenters. The molecule has 0 unspecified atom stereocenters. The highest BCUT2D eigenvalue weighted by Gasteiger charge is 2.18. The molecule has 4 nitrogen and oxygen atoms in total. The van der Waals surface area contributed by atoms with E-state index in [0.717, 1.165) is 17.1 Å². The average molecular weight is 233 g/mol. The lowest BCUT2D eigenvalue weighted by Gasteiger charge is -2.03. The Morgan fingerprint density at radius 1 is 1.29 bits per heavy atom. The number of furan rings is 2. The first-order valence-corrected chi connectivity index (χ1v) is 5.46. The van der Waals surface area contributed by atoms with Crippen LogP contribution in [-0.2, 0) is 6.54 Å². The molecule has 0 radical (unpaired) electrons. The van der Waals surface area contributed by atoms with Gasteiger partial charge in [-0.3, -0.25) is 4.79 Å². The number of carbonyl (C=O) groups is 1. The Balaban J connectivity index is 2.10. The molecule has 0 saturated heterocycles. The van der Waals surface area contributed by atoms with Gasteiger partial charge < -0.3 is 14.2 Å². The van der Waals surface area contributed by atoms with E-state index in [4.69, 9.17) is 8.83 Å². The van der Waals surface area contributed by atoms with E-state index in [0.29, 0.717) is 17.9 Å². The predicted octanol–water partition coefficient (Wildman–Crippen LogP) is 2.73. The number of rotatable bonds is 3. The maximum atomic E-state index is 12.0. The molecular weight excluding hydrogens is 218 g/mol. The molecule has 0 spiro atoms. The first-order chi connectivity index (χ1) is 8.09. The molecule has 0 aliphatic carbocycles. The Morgan fingerprint density at radius 2 is 2.06 bits per heavy atom. The summed E-state index contributed by atoms with van der Waals surface area (Å²) in [6.45, 7) is 5.91. The number of amides is 1. The lowest BCUT2D eigenvalue weighted by atomic mass is 10.1. The molecule has 1 amide bonds. The Kier molecular flexibility index (Phi) is 3.04. The molecule has 90 valence electrons. The minimum absolute atomic E-state index is 0.131. The first kappa shape index (κ1) is 11.5. The minimum Gasteiger partial charge on any atom is -0.467 e. The van der Waals surface area contributed by atoms with Gasteiger partial charge in [0, 0.05) is 5.56 Å². The number of carbonyl (C=O) groups excluding carboxylic acids is 1. The summed E-state index contributed by atoms with van der Waals surface area (Å²) in [5, 5.41) is 2.80. The van der Waals surface area contributed by atoms with Crippen molar-refractivity contribution in [3.63, 3.8) is 0 Å². The van der Waals surface area contributed by atoms with Crippen LogP contribution in [0, 0.1) is 20.8 Å². The average Bonchev–Trinajstić information content (AvgIpc) is 2.86. The van der Waals surface area contributed by atoms with Gasteiger partial charge in [-0.05, 0) is 32.9 Å². The van der Waals surface area contributed by atoms with E-state index in [1.807, 2.05) is 19.9 Å². The second kappa shape index (κ2) is 4.49. The quantitative estimate of drug-likeness (QED) is 0.886. The molecule has 2 aromatic heterocycles. The van der Waals surface area contributed by atoms with Crippen molar-refractivity contribution in [2.75, 3.05) is 0 Å². The van der Waals surface area contributed by atoms with E-state index in [-0.39, 0.29) is 5.91 Å². The van der Waals surface area contributed by atoms with E-state index in [1.165, 1.54) is 0 Å². The van der Waals surface area contributed by atoms with Crippen LogP contribution < -0.4 is 5.32 Å². The fourth-order valence-corrected chi connectivity index (χ4v) is 1.80. The standard InChI is InChI=1S/C13H15NO3/c1-8-9(2)17-10(3)12(8)13(15)14-7-11-5-4-6-16-11/h4-6H,7H2,1-3H3,(H,14,15). The van der Waals surface area contributed by atoms with Crippen molar-refractivity contribution >= 4 is 5.91 Å². The van der Waals surface area contributed by atoms with Crippen molar-refractivity contribution in [2.45, 2.75) is 27.3 Å². The molecule has 2 rings (SSSR count). The molecule has 0 fully saturated rings. The van der Waals surface area contributed by atoms with Crippen LogP contribution in [-0.4, -0.2) is 5.91 Å². The molecule has 0 saturated carbocycles. The molecule has 0 aliphatic rings. The summed E-state index contributed by atoms with van der Waals surface area (Å²) in [6.07, 6.45) is 1.58. The van der Waals surface area contributed by atoms with Crippen LogP contribution in [0.5, 0.6) is 0 Å². The minimum atomic E-state index is -0.131. The van der Waals surface area contributed by atoms with Crippen molar-refractivity contribution in [2.24, 2.45) is 0 Å². The summed E-state index contributed by atoms with van der Waals surface area (Å²) >= 11 is 0. The van der Waals surface area contributed by atoms with Crippen molar-refractivity contribution in [1.29, 1.82) is 0 Å². The fraction of sp³-hybridized carbons (Fsp3) is 0.308.